The van der Waals surface area contributed by atoms with Crippen LogP contribution in [0.15, 0.2) is 28.4 Å². The molecule has 16 heavy (non-hydrogen) atoms. The summed E-state index contributed by atoms with van der Waals surface area (Å²) in [4.78, 5) is 0. The third-order valence-corrected chi connectivity index (χ3v) is 1.66. The standard InChI is InChI=1S/C10H14N4O2/c1-2-16-9-5-7(3-4-8(9)15)6-13-14-10(11)12/h3-6,15H,2H2,1H3,(H4,11,12,14)/b13-6+. The molecule has 1 rings (SSSR count). The molecule has 6 heteroatoms. The molecule has 0 spiro atoms. The number of nitrogens with two attached hydrogens (primary N) is 2. The normalized spacial score (nSPS) is 10.3. The van der Waals surface area contributed by atoms with E-state index < -0.39 is 0 Å². The molecule has 0 fully saturated rings. The molecule has 0 amide bonds. The third-order valence-electron chi connectivity index (χ3n) is 1.66. The minimum absolute atomic E-state index is 0.0841. The lowest BCUT2D eigenvalue weighted by Gasteiger charge is -2.05. The minimum Gasteiger partial charge on any atom is -0.504 e. The molecule has 0 saturated heterocycles. The summed E-state index contributed by atoms with van der Waals surface area (Å²) < 4.78 is 5.21. The maximum atomic E-state index is 9.44. The van der Waals surface area contributed by atoms with E-state index in [1.807, 2.05) is 6.92 Å². The van der Waals surface area contributed by atoms with E-state index in [-0.39, 0.29) is 11.7 Å². The van der Waals surface area contributed by atoms with Gasteiger partial charge in [0.15, 0.2) is 11.5 Å². The zero-order valence-corrected chi connectivity index (χ0v) is 8.92. The lowest BCUT2D eigenvalue weighted by atomic mass is 10.2. The van der Waals surface area contributed by atoms with Crippen LogP contribution in [0.25, 0.3) is 0 Å². The van der Waals surface area contributed by atoms with Gasteiger partial charge in [-0.2, -0.15) is 5.10 Å². The van der Waals surface area contributed by atoms with Crippen LogP contribution in [0, 0.1) is 0 Å². The Kier molecular flexibility index (Phi) is 4.14. The summed E-state index contributed by atoms with van der Waals surface area (Å²) in [5, 5.41) is 16.5. The Morgan fingerprint density at radius 2 is 2.25 bits per heavy atom. The van der Waals surface area contributed by atoms with Crippen molar-refractivity contribution in [2.75, 3.05) is 6.61 Å². The van der Waals surface area contributed by atoms with Gasteiger partial charge in [-0.3, -0.25) is 0 Å². The molecule has 86 valence electrons. The minimum atomic E-state index is -0.111. The van der Waals surface area contributed by atoms with Gasteiger partial charge in [0.25, 0.3) is 0 Å². The predicted molar refractivity (Wildman–Crippen MR) is 62.7 cm³/mol. The fourth-order valence-corrected chi connectivity index (χ4v) is 1.04. The number of hydrogen-bond acceptors (Lipinski definition) is 4. The van der Waals surface area contributed by atoms with Crippen molar-refractivity contribution < 1.29 is 9.84 Å². The van der Waals surface area contributed by atoms with E-state index in [1.165, 1.54) is 12.3 Å². The Hall–Kier alpha value is -2.24. The van der Waals surface area contributed by atoms with Crippen molar-refractivity contribution in [2.45, 2.75) is 6.92 Å². The topological polar surface area (TPSA) is 106 Å². The molecule has 0 aliphatic carbocycles. The lowest BCUT2D eigenvalue weighted by Crippen LogP contribution is -2.21. The highest BCUT2D eigenvalue weighted by atomic mass is 16.5. The van der Waals surface area contributed by atoms with Gasteiger partial charge < -0.3 is 21.3 Å². The largest absolute Gasteiger partial charge is 0.504 e. The average Bonchev–Trinajstić information content (AvgIpc) is 2.22. The van der Waals surface area contributed by atoms with Crippen LogP contribution in [0.5, 0.6) is 11.5 Å². The molecular weight excluding hydrogens is 208 g/mol. The van der Waals surface area contributed by atoms with E-state index in [4.69, 9.17) is 16.2 Å². The zero-order chi connectivity index (χ0) is 12.0. The van der Waals surface area contributed by atoms with E-state index in [0.29, 0.717) is 12.4 Å². The van der Waals surface area contributed by atoms with Gasteiger partial charge in [-0.15, -0.1) is 5.10 Å². The van der Waals surface area contributed by atoms with Crippen LogP contribution in [0.1, 0.15) is 12.5 Å². The van der Waals surface area contributed by atoms with E-state index in [1.54, 1.807) is 12.1 Å². The molecule has 0 heterocycles. The number of guanidine groups is 1. The van der Waals surface area contributed by atoms with E-state index in [9.17, 15) is 5.11 Å². The highest BCUT2D eigenvalue weighted by Gasteiger charge is 2.01. The molecule has 5 N–H and O–H groups in total. The monoisotopic (exact) mass is 222 g/mol. The first-order valence-electron chi connectivity index (χ1n) is 4.71. The van der Waals surface area contributed by atoms with Crippen LogP contribution in [-0.4, -0.2) is 23.9 Å². The van der Waals surface area contributed by atoms with Crippen LogP contribution < -0.4 is 16.2 Å². The fraction of sp³-hybridized carbons (Fsp3) is 0.200. The highest BCUT2D eigenvalue weighted by molar-refractivity contribution is 5.82. The summed E-state index contributed by atoms with van der Waals surface area (Å²) in [5.74, 6) is 0.372. The Balaban J connectivity index is 2.86. The first kappa shape index (κ1) is 11.8. The SMILES string of the molecule is CCOc1cc(/C=N/N=C(N)N)ccc1O. The van der Waals surface area contributed by atoms with E-state index in [0.717, 1.165) is 5.56 Å². The number of hydrogen-bond donors (Lipinski definition) is 3. The quantitative estimate of drug-likeness (QED) is 0.389. The van der Waals surface area contributed by atoms with Crippen molar-refractivity contribution in [1.29, 1.82) is 0 Å². The molecule has 0 unspecified atom stereocenters. The second-order valence-corrected chi connectivity index (χ2v) is 2.93. The van der Waals surface area contributed by atoms with Gasteiger partial charge in [-0.1, -0.05) is 0 Å². The predicted octanol–water partition coefficient (Wildman–Crippen LogP) is 0.398. The molecule has 0 aliphatic heterocycles. The summed E-state index contributed by atoms with van der Waals surface area (Å²) in [6.07, 6.45) is 1.46. The Bertz CT molecular complexity index is 411. The number of phenols is 1. The fourth-order valence-electron chi connectivity index (χ4n) is 1.04. The summed E-state index contributed by atoms with van der Waals surface area (Å²) in [6.45, 7) is 2.31. The smallest absolute Gasteiger partial charge is 0.211 e. The third kappa shape index (κ3) is 3.49. The second-order valence-electron chi connectivity index (χ2n) is 2.93. The van der Waals surface area contributed by atoms with E-state index in [2.05, 4.69) is 10.2 Å². The molecule has 0 bridgehead atoms. The van der Waals surface area contributed by atoms with E-state index >= 15 is 0 Å². The number of phenolic OH excluding ortho intramolecular Hbond substituents is 1. The van der Waals surface area contributed by atoms with Crippen LogP contribution in [-0.2, 0) is 0 Å². The number of rotatable bonds is 4. The maximum Gasteiger partial charge on any atom is 0.211 e. The average molecular weight is 222 g/mol. The molecule has 1 aromatic rings. The molecule has 0 aromatic heterocycles. The number of ether oxygens (including phenoxy) is 1. The molecule has 0 atom stereocenters. The van der Waals surface area contributed by atoms with Gasteiger partial charge in [0.1, 0.15) is 0 Å². The zero-order valence-electron chi connectivity index (χ0n) is 8.92. The molecular formula is C10H14N4O2. The van der Waals surface area contributed by atoms with Gasteiger partial charge in [0.2, 0.25) is 5.96 Å². The van der Waals surface area contributed by atoms with Crippen molar-refractivity contribution in [3.05, 3.63) is 23.8 Å². The van der Waals surface area contributed by atoms with Crippen LogP contribution in [0.4, 0.5) is 0 Å². The summed E-state index contributed by atoms with van der Waals surface area (Å²) in [6, 6.07) is 4.83. The first-order chi connectivity index (χ1) is 7.63. The van der Waals surface area contributed by atoms with Crippen molar-refractivity contribution in [3.8, 4) is 11.5 Å². The summed E-state index contributed by atoms with van der Waals surface area (Å²) >= 11 is 0. The maximum absolute atomic E-state index is 9.44. The van der Waals surface area contributed by atoms with Gasteiger partial charge in [0.05, 0.1) is 12.8 Å². The molecule has 1 aromatic carbocycles. The van der Waals surface area contributed by atoms with Crippen molar-refractivity contribution in [3.63, 3.8) is 0 Å². The molecule has 0 radical (unpaired) electrons. The van der Waals surface area contributed by atoms with Crippen molar-refractivity contribution >= 4 is 12.2 Å². The van der Waals surface area contributed by atoms with Crippen molar-refractivity contribution in [2.24, 2.45) is 21.7 Å². The van der Waals surface area contributed by atoms with Crippen molar-refractivity contribution in [1.82, 2.24) is 0 Å². The number of aromatic hydroxyl groups is 1. The summed E-state index contributed by atoms with van der Waals surface area (Å²) in [7, 11) is 0. The summed E-state index contributed by atoms with van der Waals surface area (Å²) in [5.41, 5.74) is 10.9. The molecule has 6 nitrogen and oxygen atoms in total. The highest BCUT2D eigenvalue weighted by Crippen LogP contribution is 2.26. The first-order valence-corrected chi connectivity index (χ1v) is 4.71. The number of nitrogens with zero attached hydrogens (tertiary/aromatic N) is 2. The van der Waals surface area contributed by atoms with Gasteiger partial charge >= 0.3 is 0 Å². The lowest BCUT2D eigenvalue weighted by molar-refractivity contribution is 0.318. The second kappa shape index (κ2) is 5.59. The Labute approximate surface area is 93.2 Å². The Morgan fingerprint density at radius 3 is 2.88 bits per heavy atom. The van der Waals surface area contributed by atoms with Gasteiger partial charge in [-0.25, -0.2) is 0 Å². The molecule has 0 saturated carbocycles. The van der Waals surface area contributed by atoms with Crippen LogP contribution in [0.3, 0.4) is 0 Å². The van der Waals surface area contributed by atoms with Crippen LogP contribution in [0.2, 0.25) is 0 Å². The number of benzene rings is 1. The van der Waals surface area contributed by atoms with Crippen LogP contribution >= 0.6 is 0 Å². The van der Waals surface area contributed by atoms with Gasteiger partial charge in [0, 0.05) is 0 Å². The molecule has 0 aliphatic rings. The Morgan fingerprint density at radius 1 is 1.50 bits per heavy atom. The van der Waals surface area contributed by atoms with Gasteiger partial charge in [-0.05, 0) is 30.7 Å².